The van der Waals surface area contributed by atoms with Gasteiger partial charge in [0, 0.05) is 15.9 Å². The normalized spacial score (nSPS) is 11.0. The second-order valence-corrected chi connectivity index (χ2v) is 6.16. The Hall–Kier alpha value is -3.60. The second-order valence-electron chi connectivity index (χ2n) is 5.25. The first-order chi connectivity index (χ1) is 12.9. The van der Waals surface area contributed by atoms with Crippen LogP contribution in [-0.4, -0.2) is 26.8 Å². The minimum Gasteiger partial charge on any atom is -0.493 e. The van der Waals surface area contributed by atoms with Crippen molar-refractivity contribution < 1.29 is 19.6 Å². The molecule has 0 aliphatic carbocycles. The number of nitrogens with one attached hydrogen (secondary N) is 2. The summed E-state index contributed by atoms with van der Waals surface area (Å²) >= 11 is 3.28. The van der Waals surface area contributed by atoms with Gasteiger partial charge in [-0.2, -0.15) is 0 Å². The van der Waals surface area contributed by atoms with Crippen LogP contribution in [-0.2, 0) is 9.59 Å². The van der Waals surface area contributed by atoms with Crippen molar-refractivity contribution >= 4 is 55.7 Å². The molecule has 0 spiro atoms. The molecule has 1 heterocycles. The maximum absolute atomic E-state index is 11.9. The summed E-state index contributed by atoms with van der Waals surface area (Å²) in [5, 5.41) is 30.4. The quantitative estimate of drug-likeness (QED) is 0.249. The number of azo groups is 1. The highest BCUT2D eigenvalue weighted by Crippen LogP contribution is 2.36. The number of carbonyl (C=O) groups is 2. The third-order valence-corrected chi connectivity index (χ3v) is 3.99. The average Bonchev–Trinajstić information content (AvgIpc) is 2.94. The number of H-pyrrole nitrogens is 1. The number of hydrogen-bond donors (Lipinski definition) is 3. The lowest BCUT2D eigenvalue weighted by atomic mass is 10.2. The number of nitro groups is 1. The third kappa shape index (κ3) is 3.82. The summed E-state index contributed by atoms with van der Waals surface area (Å²) in [4.78, 5) is 36.7. The molecule has 0 aliphatic rings. The van der Waals surface area contributed by atoms with Crippen molar-refractivity contribution in [3.05, 3.63) is 57.1 Å². The van der Waals surface area contributed by atoms with Gasteiger partial charge in [0.1, 0.15) is 5.69 Å². The number of aromatic amines is 1. The molecule has 11 heteroatoms. The highest BCUT2D eigenvalue weighted by atomic mass is 79.9. The lowest BCUT2D eigenvalue weighted by molar-refractivity contribution is -0.383. The van der Waals surface area contributed by atoms with Crippen LogP contribution < -0.4 is 5.32 Å². The van der Waals surface area contributed by atoms with Gasteiger partial charge in [0.2, 0.25) is 5.88 Å². The number of para-hydroxylation sites is 2. The van der Waals surface area contributed by atoms with Gasteiger partial charge in [-0.25, -0.2) is 0 Å². The molecule has 0 unspecified atom stereocenters. The summed E-state index contributed by atoms with van der Waals surface area (Å²) in [6.45, 7) is 0. The number of anilines is 1. The fourth-order valence-electron chi connectivity index (χ4n) is 2.29. The van der Waals surface area contributed by atoms with Crippen molar-refractivity contribution in [2.45, 2.75) is 0 Å². The Morgan fingerprint density at radius 3 is 2.70 bits per heavy atom. The van der Waals surface area contributed by atoms with Gasteiger partial charge in [0.15, 0.2) is 5.69 Å². The number of halogens is 1. The van der Waals surface area contributed by atoms with Crippen molar-refractivity contribution in [3.8, 4) is 5.88 Å². The van der Waals surface area contributed by atoms with Gasteiger partial charge < -0.3 is 15.4 Å². The Kier molecular flexibility index (Phi) is 4.94. The van der Waals surface area contributed by atoms with E-state index >= 15 is 0 Å². The Morgan fingerprint density at radius 2 is 1.96 bits per heavy atom. The maximum atomic E-state index is 11.9. The zero-order chi connectivity index (χ0) is 19.6. The fraction of sp³-hybridized carbons (Fsp3) is 0. The molecule has 1 aromatic heterocycles. The summed E-state index contributed by atoms with van der Waals surface area (Å²) in [6, 6.07) is 10.4. The average molecular weight is 432 g/mol. The first-order valence-electron chi connectivity index (χ1n) is 7.37. The van der Waals surface area contributed by atoms with Crippen LogP contribution in [0.1, 0.15) is 0 Å². The highest BCUT2D eigenvalue weighted by molar-refractivity contribution is 9.10. The molecular formula is C16H10BrN5O5. The maximum Gasteiger partial charge on any atom is 0.353 e. The Labute approximate surface area is 159 Å². The zero-order valence-corrected chi connectivity index (χ0v) is 14.9. The third-order valence-electron chi connectivity index (χ3n) is 3.50. The van der Waals surface area contributed by atoms with E-state index in [9.17, 15) is 24.8 Å². The molecular weight excluding hydrogens is 422 g/mol. The van der Waals surface area contributed by atoms with E-state index in [1.54, 1.807) is 18.2 Å². The molecule has 0 fully saturated rings. The van der Waals surface area contributed by atoms with Crippen molar-refractivity contribution in [1.29, 1.82) is 0 Å². The highest BCUT2D eigenvalue weighted by Gasteiger charge is 2.20. The van der Waals surface area contributed by atoms with Crippen molar-refractivity contribution in [2.24, 2.45) is 10.2 Å². The smallest absolute Gasteiger partial charge is 0.353 e. The standard InChI is InChI=1S/C16H10BrN5O5/c17-8-5-6-10-9(7-8)13(14(23)18-10)20-21-16(25)15(24)19-11-3-1-2-4-12(11)22(26)27/h1-7,18,23H,(H,19,24). The van der Waals surface area contributed by atoms with Gasteiger partial charge in [0.25, 0.3) is 5.69 Å². The molecule has 0 atom stereocenters. The SMILES string of the molecule is O=C(N=Nc1c(O)[nH]c2ccc(Br)cc12)C(=O)Nc1ccccc1[N+](=O)[O-]. The van der Waals surface area contributed by atoms with Crippen LogP contribution in [0.3, 0.4) is 0 Å². The van der Waals surface area contributed by atoms with Crippen LogP contribution in [0, 0.1) is 10.1 Å². The van der Waals surface area contributed by atoms with Crippen LogP contribution in [0.5, 0.6) is 5.88 Å². The predicted molar refractivity (Wildman–Crippen MR) is 98.9 cm³/mol. The van der Waals surface area contributed by atoms with Crippen molar-refractivity contribution in [2.75, 3.05) is 5.32 Å². The number of benzene rings is 2. The number of amides is 2. The molecule has 10 nitrogen and oxygen atoms in total. The molecule has 3 rings (SSSR count). The van der Waals surface area contributed by atoms with Crippen LogP contribution in [0.25, 0.3) is 10.9 Å². The number of carbonyl (C=O) groups excluding carboxylic acids is 2. The Morgan fingerprint density at radius 1 is 1.22 bits per heavy atom. The number of nitrogens with zero attached hydrogens (tertiary/aromatic N) is 3. The van der Waals surface area contributed by atoms with Crippen LogP contribution >= 0.6 is 15.9 Å². The molecule has 0 saturated carbocycles. The molecule has 0 radical (unpaired) electrons. The first kappa shape index (κ1) is 18.2. The number of aromatic nitrogens is 1. The monoisotopic (exact) mass is 431 g/mol. The predicted octanol–water partition coefficient (Wildman–Crippen LogP) is 3.79. The van der Waals surface area contributed by atoms with E-state index in [-0.39, 0.29) is 22.9 Å². The Bertz CT molecular complexity index is 1110. The van der Waals surface area contributed by atoms with Gasteiger partial charge in [-0.3, -0.25) is 19.7 Å². The van der Waals surface area contributed by atoms with E-state index in [2.05, 4.69) is 36.5 Å². The first-order valence-corrected chi connectivity index (χ1v) is 8.17. The molecule has 3 aromatic rings. The molecule has 0 aliphatic heterocycles. The molecule has 0 saturated heterocycles. The molecule has 2 amide bonds. The molecule has 3 N–H and O–H groups in total. The second kappa shape index (κ2) is 7.33. The molecule has 27 heavy (non-hydrogen) atoms. The molecule has 0 bridgehead atoms. The number of rotatable bonds is 3. The van der Waals surface area contributed by atoms with Gasteiger partial charge >= 0.3 is 11.8 Å². The van der Waals surface area contributed by atoms with Gasteiger partial charge in [-0.05, 0) is 24.3 Å². The van der Waals surface area contributed by atoms with Gasteiger partial charge in [-0.15, -0.1) is 10.2 Å². The number of hydrogen-bond acceptors (Lipinski definition) is 6. The van der Waals surface area contributed by atoms with Crippen molar-refractivity contribution in [3.63, 3.8) is 0 Å². The molecule has 2 aromatic carbocycles. The van der Waals surface area contributed by atoms with E-state index in [0.717, 1.165) is 0 Å². The topological polar surface area (TPSA) is 150 Å². The number of aromatic hydroxyl groups is 1. The largest absolute Gasteiger partial charge is 0.493 e. The summed E-state index contributed by atoms with van der Waals surface area (Å²) < 4.78 is 0.714. The number of fused-ring (bicyclic) bond motifs is 1. The molecule has 136 valence electrons. The number of nitro benzene ring substituents is 1. The minimum absolute atomic E-state index is 0.0156. The van der Waals surface area contributed by atoms with Crippen molar-refractivity contribution in [1.82, 2.24) is 4.98 Å². The van der Waals surface area contributed by atoms with Crippen LogP contribution in [0.4, 0.5) is 17.1 Å². The van der Waals surface area contributed by atoms with E-state index in [1.165, 1.54) is 24.3 Å². The summed E-state index contributed by atoms with van der Waals surface area (Å²) in [6.07, 6.45) is 0. The minimum atomic E-state index is -1.28. The van der Waals surface area contributed by atoms with E-state index < -0.39 is 16.7 Å². The zero-order valence-electron chi connectivity index (χ0n) is 13.3. The van der Waals surface area contributed by atoms with E-state index in [4.69, 9.17) is 0 Å². The lowest BCUT2D eigenvalue weighted by Crippen LogP contribution is -2.21. The van der Waals surface area contributed by atoms with E-state index in [1.807, 2.05) is 0 Å². The lowest BCUT2D eigenvalue weighted by Gasteiger charge is -2.02. The van der Waals surface area contributed by atoms with Crippen LogP contribution in [0.15, 0.2) is 57.2 Å². The van der Waals surface area contributed by atoms with E-state index in [0.29, 0.717) is 15.4 Å². The Balaban J connectivity index is 1.82. The van der Waals surface area contributed by atoms with Gasteiger partial charge in [0.05, 0.1) is 10.4 Å². The summed E-state index contributed by atoms with van der Waals surface area (Å²) in [5.41, 5.74) is 0.0317. The summed E-state index contributed by atoms with van der Waals surface area (Å²) in [7, 11) is 0. The fourth-order valence-corrected chi connectivity index (χ4v) is 2.65. The van der Waals surface area contributed by atoms with Crippen LogP contribution in [0.2, 0.25) is 0 Å². The summed E-state index contributed by atoms with van der Waals surface area (Å²) in [5.74, 6) is -2.80. The van der Waals surface area contributed by atoms with Gasteiger partial charge in [-0.1, -0.05) is 28.1 Å².